The van der Waals surface area contributed by atoms with Crippen LogP contribution in [0.5, 0.6) is 5.75 Å². The van der Waals surface area contributed by atoms with E-state index < -0.39 is 10.0 Å². The van der Waals surface area contributed by atoms with Gasteiger partial charge < -0.3 is 10.1 Å². The van der Waals surface area contributed by atoms with Crippen LogP contribution in [0.4, 0.5) is 0 Å². The zero-order chi connectivity index (χ0) is 17.3. The van der Waals surface area contributed by atoms with E-state index in [0.29, 0.717) is 48.2 Å². The number of benzene rings is 1. The molecule has 6 nitrogen and oxygen atoms in total. The third-order valence-corrected chi connectivity index (χ3v) is 6.81. The Hall–Kier alpha value is -1.60. The Morgan fingerprint density at radius 2 is 1.88 bits per heavy atom. The van der Waals surface area contributed by atoms with Gasteiger partial charge in [0.2, 0.25) is 15.9 Å². The second kappa shape index (κ2) is 6.72. The molecule has 3 rings (SSSR count). The van der Waals surface area contributed by atoms with Crippen molar-refractivity contribution < 1.29 is 17.9 Å². The minimum absolute atomic E-state index is 0.0750. The number of amides is 1. The smallest absolute Gasteiger partial charge is 0.243 e. The fourth-order valence-corrected chi connectivity index (χ4v) is 4.76. The van der Waals surface area contributed by atoms with E-state index in [2.05, 4.69) is 5.32 Å². The molecule has 0 unspecified atom stereocenters. The van der Waals surface area contributed by atoms with Gasteiger partial charge >= 0.3 is 0 Å². The van der Waals surface area contributed by atoms with Crippen molar-refractivity contribution in [2.45, 2.75) is 43.5 Å². The highest BCUT2D eigenvalue weighted by Crippen LogP contribution is 2.28. The number of hydrogen-bond donors (Lipinski definition) is 1. The van der Waals surface area contributed by atoms with E-state index in [0.717, 1.165) is 12.8 Å². The van der Waals surface area contributed by atoms with Crippen LogP contribution < -0.4 is 10.1 Å². The average molecular weight is 352 g/mol. The monoisotopic (exact) mass is 352 g/mol. The van der Waals surface area contributed by atoms with Gasteiger partial charge in [-0.15, -0.1) is 0 Å². The van der Waals surface area contributed by atoms with Crippen molar-refractivity contribution >= 4 is 15.9 Å². The van der Waals surface area contributed by atoms with Gasteiger partial charge in [0.25, 0.3) is 0 Å². The first-order valence-corrected chi connectivity index (χ1v) is 9.81. The van der Waals surface area contributed by atoms with E-state index in [4.69, 9.17) is 4.74 Å². The number of piperidine rings is 1. The summed E-state index contributed by atoms with van der Waals surface area (Å²) in [7, 11) is -1.98. The van der Waals surface area contributed by atoms with Gasteiger partial charge in [0.1, 0.15) is 5.75 Å². The number of sulfonamides is 1. The van der Waals surface area contributed by atoms with Crippen LogP contribution in [-0.2, 0) is 14.8 Å². The Kier molecular flexibility index (Phi) is 4.83. The van der Waals surface area contributed by atoms with E-state index in [9.17, 15) is 13.2 Å². The van der Waals surface area contributed by atoms with Crippen molar-refractivity contribution in [2.24, 2.45) is 5.92 Å². The fraction of sp³-hybridized carbons (Fsp3) is 0.588. The maximum atomic E-state index is 12.9. The quantitative estimate of drug-likeness (QED) is 0.875. The van der Waals surface area contributed by atoms with Crippen molar-refractivity contribution in [3.63, 3.8) is 0 Å². The van der Waals surface area contributed by atoms with E-state index in [1.54, 1.807) is 32.2 Å². The molecule has 1 heterocycles. The van der Waals surface area contributed by atoms with Gasteiger partial charge in [-0.05, 0) is 56.4 Å². The van der Waals surface area contributed by atoms with Crippen LogP contribution in [-0.4, -0.2) is 44.9 Å². The number of ether oxygens (including phenoxy) is 1. The third kappa shape index (κ3) is 3.57. The molecule has 24 heavy (non-hydrogen) atoms. The van der Waals surface area contributed by atoms with Gasteiger partial charge in [0, 0.05) is 25.0 Å². The summed E-state index contributed by atoms with van der Waals surface area (Å²) in [5.74, 6) is 0.645. The van der Waals surface area contributed by atoms with Crippen LogP contribution in [0.1, 0.15) is 31.2 Å². The van der Waals surface area contributed by atoms with Gasteiger partial charge in [-0.25, -0.2) is 8.42 Å². The van der Waals surface area contributed by atoms with Gasteiger partial charge in [-0.3, -0.25) is 4.79 Å². The zero-order valence-corrected chi connectivity index (χ0v) is 14.9. The van der Waals surface area contributed by atoms with Crippen molar-refractivity contribution in [1.29, 1.82) is 0 Å². The summed E-state index contributed by atoms with van der Waals surface area (Å²) >= 11 is 0. The molecule has 1 aliphatic carbocycles. The summed E-state index contributed by atoms with van der Waals surface area (Å²) in [5, 5.41) is 3.01. The predicted molar refractivity (Wildman–Crippen MR) is 90.4 cm³/mol. The van der Waals surface area contributed by atoms with Gasteiger partial charge in [-0.1, -0.05) is 0 Å². The van der Waals surface area contributed by atoms with Gasteiger partial charge in [-0.2, -0.15) is 4.31 Å². The van der Waals surface area contributed by atoms with Crippen LogP contribution in [0.2, 0.25) is 0 Å². The number of nitrogens with one attached hydrogen (secondary N) is 1. The van der Waals surface area contributed by atoms with Crippen molar-refractivity contribution in [3.8, 4) is 5.75 Å². The Morgan fingerprint density at radius 3 is 2.42 bits per heavy atom. The molecule has 132 valence electrons. The Morgan fingerprint density at radius 1 is 1.21 bits per heavy atom. The summed E-state index contributed by atoms with van der Waals surface area (Å²) in [5.41, 5.74) is 0.669. The minimum atomic E-state index is -3.53. The molecule has 1 aromatic carbocycles. The number of nitrogens with zero attached hydrogens (tertiary/aromatic N) is 1. The summed E-state index contributed by atoms with van der Waals surface area (Å²) in [6.45, 7) is 2.54. The number of rotatable bonds is 5. The van der Waals surface area contributed by atoms with E-state index >= 15 is 0 Å². The number of hydrogen-bond acceptors (Lipinski definition) is 4. The third-order valence-electron chi connectivity index (χ3n) is 4.75. The lowest BCUT2D eigenvalue weighted by Gasteiger charge is -2.31. The van der Waals surface area contributed by atoms with Crippen molar-refractivity contribution in [3.05, 3.63) is 23.8 Å². The van der Waals surface area contributed by atoms with Crippen LogP contribution in [0.3, 0.4) is 0 Å². The average Bonchev–Trinajstić information content (AvgIpc) is 3.38. The molecule has 2 fully saturated rings. The second-order valence-electron chi connectivity index (χ2n) is 6.59. The topological polar surface area (TPSA) is 75.7 Å². The van der Waals surface area contributed by atoms with Gasteiger partial charge in [0.15, 0.2) is 0 Å². The maximum Gasteiger partial charge on any atom is 0.243 e. The fourth-order valence-electron chi connectivity index (χ4n) is 3.08. The normalized spacial score (nSPS) is 19.9. The lowest BCUT2D eigenvalue weighted by atomic mass is 9.97. The molecule has 2 aliphatic rings. The van der Waals surface area contributed by atoms with Crippen LogP contribution in [0.15, 0.2) is 23.1 Å². The second-order valence-corrected chi connectivity index (χ2v) is 8.50. The predicted octanol–water partition coefficient (Wildman–Crippen LogP) is 1.68. The van der Waals surface area contributed by atoms with E-state index in [1.165, 1.54) is 4.31 Å². The molecule has 0 aromatic heterocycles. The zero-order valence-electron chi connectivity index (χ0n) is 14.1. The summed E-state index contributed by atoms with van der Waals surface area (Å²) in [6.07, 6.45) is 3.28. The van der Waals surface area contributed by atoms with E-state index in [-0.39, 0.29) is 11.8 Å². The summed E-state index contributed by atoms with van der Waals surface area (Å²) in [4.78, 5) is 12.4. The largest absolute Gasteiger partial charge is 0.497 e. The first-order chi connectivity index (χ1) is 11.4. The molecule has 0 atom stereocenters. The Balaban J connectivity index is 1.67. The molecule has 0 spiro atoms. The molecular weight excluding hydrogens is 328 g/mol. The summed E-state index contributed by atoms with van der Waals surface area (Å²) < 4.78 is 32.3. The first kappa shape index (κ1) is 17.2. The minimum Gasteiger partial charge on any atom is -0.497 e. The van der Waals surface area contributed by atoms with Crippen molar-refractivity contribution in [1.82, 2.24) is 9.62 Å². The molecule has 1 saturated carbocycles. The highest BCUT2D eigenvalue weighted by molar-refractivity contribution is 7.89. The maximum absolute atomic E-state index is 12.9. The number of aryl methyl sites for hydroxylation is 1. The Bertz CT molecular complexity index is 720. The SMILES string of the molecule is COc1ccc(S(=O)(=O)N2CCC(C(=O)NC3CC3)CC2)c(C)c1. The molecule has 1 saturated heterocycles. The molecule has 7 heteroatoms. The Labute approximate surface area is 143 Å². The number of methoxy groups -OCH3 is 1. The highest BCUT2D eigenvalue weighted by Gasteiger charge is 2.34. The van der Waals surface area contributed by atoms with Crippen molar-refractivity contribution in [2.75, 3.05) is 20.2 Å². The summed E-state index contributed by atoms with van der Waals surface area (Å²) in [6, 6.07) is 5.33. The lowest BCUT2D eigenvalue weighted by Crippen LogP contribution is -2.43. The highest BCUT2D eigenvalue weighted by atomic mass is 32.2. The molecule has 0 radical (unpaired) electrons. The number of carbonyl (C=O) groups is 1. The van der Waals surface area contributed by atoms with Crippen LogP contribution >= 0.6 is 0 Å². The molecule has 1 N–H and O–H groups in total. The first-order valence-electron chi connectivity index (χ1n) is 8.37. The molecular formula is C17H24N2O4S. The standard InChI is InChI=1S/C17H24N2O4S/c1-12-11-15(23-2)5-6-16(12)24(21,22)19-9-7-13(8-10-19)17(20)18-14-3-4-14/h5-6,11,13-14H,3-4,7-10H2,1-2H3,(H,18,20). The molecule has 1 amide bonds. The molecule has 0 bridgehead atoms. The van der Waals surface area contributed by atoms with Crippen LogP contribution in [0, 0.1) is 12.8 Å². The number of carbonyl (C=O) groups excluding carboxylic acids is 1. The van der Waals surface area contributed by atoms with Gasteiger partial charge in [0.05, 0.1) is 12.0 Å². The van der Waals surface area contributed by atoms with Crippen LogP contribution in [0.25, 0.3) is 0 Å². The van der Waals surface area contributed by atoms with E-state index in [1.807, 2.05) is 0 Å². The molecule has 1 aromatic rings. The lowest BCUT2D eigenvalue weighted by molar-refractivity contribution is -0.126. The molecule has 1 aliphatic heterocycles.